The average Bonchev–Trinajstić information content (AvgIpc) is 3.12. The van der Waals surface area contributed by atoms with E-state index in [0.717, 1.165) is 17.5 Å². The van der Waals surface area contributed by atoms with E-state index in [1.165, 1.54) is 7.11 Å². The highest BCUT2D eigenvalue weighted by atomic mass is 35.5. The number of thioether (sulfide) groups is 1. The fraction of sp³-hybridized carbons (Fsp3) is 0.333. The van der Waals surface area contributed by atoms with Crippen LogP contribution in [0.3, 0.4) is 0 Å². The largest absolute Gasteiger partial charge is 0.372 e. The molecule has 2 aromatic rings. The molecule has 5 nitrogen and oxygen atoms in total. The molecule has 0 saturated heterocycles. The fourth-order valence-electron chi connectivity index (χ4n) is 3.16. The molecule has 0 aromatic heterocycles. The van der Waals surface area contributed by atoms with Crippen LogP contribution in [0.5, 0.6) is 0 Å². The highest BCUT2D eigenvalue weighted by Gasteiger charge is 2.49. The maximum atomic E-state index is 13.2. The number of nitrogens with zero attached hydrogens (tertiary/aromatic N) is 2. The van der Waals surface area contributed by atoms with Gasteiger partial charge in [0.1, 0.15) is 16.0 Å². The van der Waals surface area contributed by atoms with Gasteiger partial charge in [0.15, 0.2) is 0 Å². The Morgan fingerprint density at radius 3 is 2.57 bits per heavy atom. The van der Waals surface area contributed by atoms with E-state index in [0.29, 0.717) is 23.0 Å². The van der Waals surface area contributed by atoms with Gasteiger partial charge in [0, 0.05) is 12.7 Å². The normalized spacial score (nSPS) is 20.1. The molecular weight excluding hydrogens is 394 g/mol. The smallest absolute Gasteiger partial charge is 0.273 e. The van der Waals surface area contributed by atoms with Crippen LogP contribution < -0.4 is 5.73 Å². The standard InChI is InChI=1S/C21H24ClN3O2S/c1-15(27-2)20(26)25-21(13-8-14-23,16-9-4-3-5-10-16)28-19(24-25)17-11-6-7-12-18(17)22/h3-7,9-12,15H,8,13-14,23H2,1-2H3/t15-,21?/m0/s1. The number of ether oxygens (including phenoxy) is 1. The summed E-state index contributed by atoms with van der Waals surface area (Å²) in [5.74, 6) is -0.196. The monoisotopic (exact) mass is 417 g/mol. The van der Waals surface area contributed by atoms with Gasteiger partial charge in [-0.15, -0.1) is 0 Å². The van der Waals surface area contributed by atoms with E-state index in [-0.39, 0.29) is 5.91 Å². The molecule has 0 saturated carbocycles. The van der Waals surface area contributed by atoms with Crippen molar-refractivity contribution in [1.82, 2.24) is 5.01 Å². The number of carbonyl (C=O) groups is 1. The summed E-state index contributed by atoms with van der Waals surface area (Å²) in [7, 11) is 1.52. The van der Waals surface area contributed by atoms with Gasteiger partial charge in [-0.25, -0.2) is 5.01 Å². The average molecular weight is 418 g/mol. The lowest BCUT2D eigenvalue weighted by Crippen LogP contribution is -2.46. The topological polar surface area (TPSA) is 67.9 Å². The molecule has 1 aliphatic heterocycles. The Morgan fingerprint density at radius 1 is 1.25 bits per heavy atom. The zero-order valence-electron chi connectivity index (χ0n) is 16.0. The lowest BCUT2D eigenvalue weighted by molar-refractivity contribution is -0.144. The van der Waals surface area contributed by atoms with Crippen molar-refractivity contribution in [2.24, 2.45) is 10.8 Å². The first-order valence-corrected chi connectivity index (χ1v) is 10.4. The van der Waals surface area contributed by atoms with Crippen molar-refractivity contribution in [2.75, 3.05) is 13.7 Å². The molecule has 1 unspecified atom stereocenters. The highest BCUT2D eigenvalue weighted by molar-refractivity contribution is 8.15. The van der Waals surface area contributed by atoms with Crippen LogP contribution in [0.25, 0.3) is 0 Å². The number of benzene rings is 2. The predicted molar refractivity (Wildman–Crippen MR) is 115 cm³/mol. The first-order chi connectivity index (χ1) is 13.5. The van der Waals surface area contributed by atoms with Gasteiger partial charge < -0.3 is 10.5 Å². The van der Waals surface area contributed by atoms with Crippen LogP contribution in [0.4, 0.5) is 0 Å². The molecule has 3 rings (SSSR count). The van der Waals surface area contributed by atoms with Gasteiger partial charge in [0.05, 0.1) is 5.02 Å². The van der Waals surface area contributed by atoms with Gasteiger partial charge in [-0.3, -0.25) is 4.79 Å². The highest BCUT2D eigenvalue weighted by Crippen LogP contribution is 2.51. The van der Waals surface area contributed by atoms with Crippen LogP contribution >= 0.6 is 23.4 Å². The zero-order chi connectivity index (χ0) is 20.1. The summed E-state index contributed by atoms with van der Waals surface area (Å²) in [6, 6.07) is 17.5. The van der Waals surface area contributed by atoms with Gasteiger partial charge in [-0.05, 0) is 37.9 Å². The van der Waals surface area contributed by atoms with Gasteiger partial charge in [0.2, 0.25) is 0 Å². The maximum Gasteiger partial charge on any atom is 0.273 e. The molecule has 0 aliphatic carbocycles. The number of carbonyl (C=O) groups excluding carboxylic acids is 1. The molecule has 1 aliphatic rings. The third-order valence-electron chi connectivity index (χ3n) is 4.76. The number of rotatable bonds is 7. The van der Waals surface area contributed by atoms with Crippen LogP contribution in [0.2, 0.25) is 5.02 Å². The van der Waals surface area contributed by atoms with Crippen molar-refractivity contribution in [3.63, 3.8) is 0 Å². The van der Waals surface area contributed by atoms with Gasteiger partial charge >= 0.3 is 0 Å². The van der Waals surface area contributed by atoms with Crippen molar-refractivity contribution in [2.45, 2.75) is 30.7 Å². The van der Waals surface area contributed by atoms with Crippen molar-refractivity contribution in [1.29, 1.82) is 0 Å². The second kappa shape index (κ2) is 9.09. The number of halogens is 1. The summed E-state index contributed by atoms with van der Waals surface area (Å²) < 4.78 is 5.30. The molecule has 2 N–H and O–H groups in total. The molecule has 0 spiro atoms. The van der Waals surface area contributed by atoms with Crippen LogP contribution in [0.1, 0.15) is 30.9 Å². The summed E-state index contributed by atoms with van der Waals surface area (Å²) in [4.78, 5) is 12.5. The Morgan fingerprint density at radius 2 is 1.93 bits per heavy atom. The Kier molecular flexibility index (Phi) is 6.78. The van der Waals surface area contributed by atoms with Gasteiger partial charge in [-0.1, -0.05) is 71.9 Å². The Hall–Kier alpha value is -1.86. The lowest BCUT2D eigenvalue weighted by Gasteiger charge is -2.36. The number of hydrazone groups is 1. The summed E-state index contributed by atoms with van der Waals surface area (Å²) >= 11 is 7.96. The molecule has 2 atom stereocenters. The molecule has 148 valence electrons. The minimum atomic E-state index is -0.695. The van der Waals surface area contributed by atoms with Crippen LogP contribution in [0, 0.1) is 0 Å². The molecule has 1 amide bonds. The Labute approximate surface area is 174 Å². The number of amides is 1. The second-order valence-corrected chi connectivity index (χ2v) is 8.23. The van der Waals surface area contributed by atoms with Crippen LogP contribution in [-0.4, -0.2) is 35.7 Å². The Balaban J connectivity index is 2.13. The van der Waals surface area contributed by atoms with E-state index in [1.807, 2.05) is 54.6 Å². The lowest BCUT2D eigenvalue weighted by atomic mass is 10.00. The van der Waals surface area contributed by atoms with E-state index in [4.69, 9.17) is 27.2 Å². The molecule has 28 heavy (non-hydrogen) atoms. The summed E-state index contributed by atoms with van der Waals surface area (Å²) in [5.41, 5.74) is 7.63. The summed E-state index contributed by atoms with van der Waals surface area (Å²) in [6.45, 7) is 2.26. The SMILES string of the molecule is CO[C@@H](C)C(=O)N1N=C(c2ccccc2Cl)SC1(CCCN)c1ccccc1. The number of hydrogen-bond donors (Lipinski definition) is 1. The first kappa shape index (κ1) is 20.9. The third-order valence-corrected chi connectivity index (χ3v) is 6.53. The molecule has 0 fully saturated rings. The molecular formula is C21H24ClN3O2S. The zero-order valence-corrected chi connectivity index (χ0v) is 17.5. The number of hydrogen-bond acceptors (Lipinski definition) is 5. The number of methoxy groups -OCH3 is 1. The van der Waals surface area contributed by atoms with E-state index in [2.05, 4.69) is 0 Å². The van der Waals surface area contributed by atoms with E-state index in [9.17, 15) is 4.79 Å². The van der Waals surface area contributed by atoms with Crippen molar-refractivity contribution in [3.8, 4) is 0 Å². The quantitative estimate of drug-likeness (QED) is 0.732. The van der Waals surface area contributed by atoms with E-state index >= 15 is 0 Å². The summed E-state index contributed by atoms with van der Waals surface area (Å²) in [5, 5.41) is 7.61. The second-order valence-electron chi connectivity index (χ2n) is 6.56. The Bertz CT molecular complexity index is 862. The van der Waals surface area contributed by atoms with Crippen LogP contribution in [-0.2, 0) is 14.4 Å². The molecule has 2 aromatic carbocycles. The first-order valence-electron chi connectivity index (χ1n) is 9.18. The van der Waals surface area contributed by atoms with Crippen molar-refractivity contribution >= 4 is 34.3 Å². The third kappa shape index (κ3) is 3.96. The maximum absolute atomic E-state index is 13.2. The van der Waals surface area contributed by atoms with Crippen molar-refractivity contribution < 1.29 is 9.53 Å². The summed E-state index contributed by atoms with van der Waals surface area (Å²) in [6.07, 6.45) is 0.798. The van der Waals surface area contributed by atoms with E-state index in [1.54, 1.807) is 23.7 Å². The minimum Gasteiger partial charge on any atom is -0.372 e. The molecule has 0 bridgehead atoms. The fourth-order valence-corrected chi connectivity index (χ4v) is 4.89. The molecule has 1 heterocycles. The van der Waals surface area contributed by atoms with Gasteiger partial charge in [0.25, 0.3) is 5.91 Å². The number of nitrogens with two attached hydrogens (primary N) is 1. The molecule has 0 radical (unpaired) electrons. The van der Waals surface area contributed by atoms with Gasteiger partial charge in [-0.2, -0.15) is 5.10 Å². The van der Waals surface area contributed by atoms with Crippen LogP contribution in [0.15, 0.2) is 59.7 Å². The van der Waals surface area contributed by atoms with E-state index < -0.39 is 11.0 Å². The molecule has 7 heteroatoms. The predicted octanol–water partition coefficient (Wildman–Crippen LogP) is 4.20. The minimum absolute atomic E-state index is 0.196. The van der Waals surface area contributed by atoms with Crippen molar-refractivity contribution in [3.05, 3.63) is 70.7 Å².